The van der Waals surface area contributed by atoms with E-state index < -0.39 is 0 Å². The number of methoxy groups -OCH3 is 1. The van der Waals surface area contributed by atoms with Crippen molar-refractivity contribution in [3.8, 4) is 0 Å². The fourth-order valence-corrected chi connectivity index (χ4v) is 2.46. The minimum atomic E-state index is -0.344. The monoisotopic (exact) mass is 258 g/mol. The molecule has 0 saturated heterocycles. The molecule has 0 aliphatic carbocycles. The predicted molar refractivity (Wildman–Crippen MR) is 75.8 cm³/mol. The molecule has 2 aromatic carbocycles. The molecule has 0 N–H and O–H groups in total. The Labute approximate surface area is 111 Å². The van der Waals surface area contributed by atoms with Crippen LogP contribution in [0, 0.1) is 0 Å². The van der Waals surface area contributed by atoms with Crippen molar-refractivity contribution in [2.75, 3.05) is 12.9 Å². The van der Waals surface area contributed by atoms with E-state index in [4.69, 9.17) is 0 Å². The lowest BCUT2D eigenvalue weighted by atomic mass is 10.1. The maximum Gasteiger partial charge on any atom is 0.333 e. The van der Waals surface area contributed by atoms with Gasteiger partial charge in [0.05, 0.1) is 7.11 Å². The first-order valence-corrected chi connectivity index (χ1v) is 6.57. The number of benzene rings is 2. The molecule has 0 saturated carbocycles. The lowest BCUT2D eigenvalue weighted by molar-refractivity contribution is -0.135. The molecule has 0 aliphatic rings. The van der Waals surface area contributed by atoms with Gasteiger partial charge in [0.1, 0.15) is 0 Å². The summed E-state index contributed by atoms with van der Waals surface area (Å²) in [6.45, 7) is 3.71. The SMILES string of the molecule is C=C(CSc1ccc2ccccc2c1)C(=O)OC. The number of esters is 1. The van der Waals surface area contributed by atoms with Crippen LogP contribution in [-0.4, -0.2) is 18.8 Å². The summed E-state index contributed by atoms with van der Waals surface area (Å²) in [7, 11) is 1.37. The van der Waals surface area contributed by atoms with Gasteiger partial charge in [-0.2, -0.15) is 0 Å². The minimum Gasteiger partial charge on any atom is -0.466 e. The molecule has 0 atom stereocenters. The van der Waals surface area contributed by atoms with E-state index in [0.29, 0.717) is 11.3 Å². The van der Waals surface area contributed by atoms with E-state index in [2.05, 4.69) is 41.6 Å². The summed E-state index contributed by atoms with van der Waals surface area (Å²) in [4.78, 5) is 12.3. The first-order valence-electron chi connectivity index (χ1n) is 5.58. The van der Waals surface area contributed by atoms with Gasteiger partial charge in [-0.05, 0) is 22.9 Å². The number of hydrogen-bond donors (Lipinski definition) is 0. The van der Waals surface area contributed by atoms with Crippen molar-refractivity contribution in [2.45, 2.75) is 4.90 Å². The number of thioether (sulfide) groups is 1. The molecule has 0 fully saturated rings. The largest absolute Gasteiger partial charge is 0.466 e. The van der Waals surface area contributed by atoms with E-state index >= 15 is 0 Å². The zero-order valence-electron chi connectivity index (χ0n) is 10.2. The Kier molecular flexibility index (Phi) is 4.05. The molecule has 0 aliphatic heterocycles. The Morgan fingerprint density at radius 2 is 1.94 bits per heavy atom. The molecule has 0 heterocycles. The zero-order valence-corrected chi connectivity index (χ0v) is 11.0. The molecule has 18 heavy (non-hydrogen) atoms. The number of carbonyl (C=O) groups excluding carboxylic acids is 1. The summed E-state index contributed by atoms with van der Waals surface area (Å²) in [5.74, 6) is 0.202. The standard InChI is InChI=1S/C15H14O2S/c1-11(15(16)17-2)10-18-14-8-7-12-5-3-4-6-13(12)9-14/h3-9H,1,10H2,2H3. The van der Waals surface area contributed by atoms with Crippen LogP contribution in [0.25, 0.3) is 10.8 Å². The van der Waals surface area contributed by atoms with Crippen LogP contribution < -0.4 is 0 Å². The molecule has 0 unspecified atom stereocenters. The highest BCUT2D eigenvalue weighted by Gasteiger charge is 2.07. The molecule has 0 radical (unpaired) electrons. The first-order chi connectivity index (χ1) is 8.70. The van der Waals surface area contributed by atoms with E-state index in [9.17, 15) is 4.79 Å². The topological polar surface area (TPSA) is 26.3 Å². The highest BCUT2D eigenvalue weighted by atomic mass is 32.2. The Morgan fingerprint density at radius 1 is 1.22 bits per heavy atom. The number of rotatable bonds is 4. The Hall–Kier alpha value is -1.74. The van der Waals surface area contributed by atoms with Crippen molar-refractivity contribution < 1.29 is 9.53 Å². The van der Waals surface area contributed by atoms with Crippen LogP contribution >= 0.6 is 11.8 Å². The second kappa shape index (κ2) is 5.74. The first kappa shape index (κ1) is 12.7. The quantitative estimate of drug-likeness (QED) is 0.475. The van der Waals surface area contributed by atoms with Gasteiger partial charge in [-0.1, -0.05) is 36.9 Å². The zero-order chi connectivity index (χ0) is 13.0. The van der Waals surface area contributed by atoms with Crippen LogP contribution in [0.5, 0.6) is 0 Å². The molecule has 2 rings (SSSR count). The maximum atomic E-state index is 11.2. The van der Waals surface area contributed by atoms with Gasteiger partial charge in [-0.3, -0.25) is 0 Å². The maximum absolute atomic E-state index is 11.2. The molecule has 0 aromatic heterocycles. The number of ether oxygens (including phenoxy) is 1. The summed E-state index contributed by atoms with van der Waals surface area (Å²) in [5, 5.41) is 2.42. The van der Waals surface area contributed by atoms with Crippen molar-refractivity contribution in [3.63, 3.8) is 0 Å². The number of hydrogen-bond acceptors (Lipinski definition) is 3. The Morgan fingerprint density at radius 3 is 2.67 bits per heavy atom. The van der Waals surface area contributed by atoms with Crippen molar-refractivity contribution in [1.29, 1.82) is 0 Å². The van der Waals surface area contributed by atoms with Crippen LogP contribution in [0.3, 0.4) is 0 Å². The Bertz CT molecular complexity index is 590. The van der Waals surface area contributed by atoms with Gasteiger partial charge in [0.2, 0.25) is 0 Å². The smallest absolute Gasteiger partial charge is 0.333 e. The number of carbonyl (C=O) groups is 1. The fourth-order valence-electron chi connectivity index (χ4n) is 1.63. The molecule has 0 amide bonds. The highest BCUT2D eigenvalue weighted by Crippen LogP contribution is 2.24. The van der Waals surface area contributed by atoms with E-state index in [-0.39, 0.29) is 5.97 Å². The average molecular weight is 258 g/mol. The van der Waals surface area contributed by atoms with Crippen LogP contribution in [0.15, 0.2) is 59.5 Å². The summed E-state index contributed by atoms with van der Waals surface area (Å²) >= 11 is 1.59. The Balaban J connectivity index is 2.08. The second-order valence-electron chi connectivity index (χ2n) is 3.89. The van der Waals surface area contributed by atoms with Crippen LogP contribution in [0.4, 0.5) is 0 Å². The fraction of sp³-hybridized carbons (Fsp3) is 0.133. The van der Waals surface area contributed by atoms with E-state index in [1.807, 2.05) is 12.1 Å². The normalized spacial score (nSPS) is 10.3. The van der Waals surface area contributed by atoms with Gasteiger partial charge in [0.25, 0.3) is 0 Å². The van der Waals surface area contributed by atoms with Gasteiger partial charge >= 0.3 is 5.97 Å². The summed E-state index contributed by atoms with van der Waals surface area (Å²) in [6.07, 6.45) is 0. The third-order valence-electron chi connectivity index (χ3n) is 2.61. The lowest BCUT2D eigenvalue weighted by Crippen LogP contribution is -2.05. The average Bonchev–Trinajstić information content (AvgIpc) is 2.43. The molecule has 0 bridgehead atoms. The van der Waals surface area contributed by atoms with Crippen molar-refractivity contribution >= 4 is 28.5 Å². The predicted octanol–water partition coefficient (Wildman–Crippen LogP) is 3.66. The molecule has 0 spiro atoms. The molecule has 3 heteroatoms. The third-order valence-corrected chi connectivity index (χ3v) is 3.69. The van der Waals surface area contributed by atoms with Gasteiger partial charge in [-0.25, -0.2) is 4.79 Å². The van der Waals surface area contributed by atoms with Crippen molar-refractivity contribution in [1.82, 2.24) is 0 Å². The van der Waals surface area contributed by atoms with Crippen LogP contribution in [0.1, 0.15) is 0 Å². The summed E-state index contributed by atoms with van der Waals surface area (Å²) < 4.78 is 4.62. The van der Waals surface area contributed by atoms with E-state index in [1.165, 1.54) is 17.9 Å². The molecule has 2 nitrogen and oxygen atoms in total. The summed E-state index contributed by atoms with van der Waals surface area (Å²) in [6, 6.07) is 14.4. The third kappa shape index (κ3) is 2.93. The van der Waals surface area contributed by atoms with Crippen molar-refractivity contribution in [3.05, 3.63) is 54.6 Å². The van der Waals surface area contributed by atoms with Gasteiger partial charge in [0, 0.05) is 16.2 Å². The number of fused-ring (bicyclic) bond motifs is 1. The van der Waals surface area contributed by atoms with Crippen molar-refractivity contribution in [2.24, 2.45) is 0 Å². The minimum absolute atomic E-state index is 0.344. The second-order valence-corrected chi connectivity index (χ2v) is 4.94. The highest BCUT2D eigenvalue weighted by molar-refractivity contribution is 7.99. The van der Waals surface area contributed by atoms with E-state index in [0.717, 1.165) is 4.90 Å². The molecular formula is C15H14O2S. The van der Waals surface area contributed by atoms with Crippen LogP contribution in [0.2, 0.25) is 0 Å². The van der Waals surface area contributed by atoms with Gasteiger partial charge < -0.3 is 4.74 Å². The molecule has 92 valence electrons. The summed E-state index contributed by atoms with van der Waals surface area (Å²) in [5.41, 5.74) is 0.482. The lowest BCUT2D eigenvalue weighted by Gasteiger charge is -2.05. The van der Waals surface area contributed by atoms with E-state index in [1.54, 1.807) is 11.8 Å². The van der Waals surface area contributed by atoms with Crippen LogP contribution in [-0.2, 0) is 9.53 Å². The van der Waals surface area contributed by atoms with Gasteiger partial charge in [0.15, 0.2) is 0 Å². The molecule has 2 aromatic rings. The molecular weight excluding hydrogens is 244 g/mol. The van der Waals surface area contributed by atoms with Gasteiger partial charge in [-0.15, -0.1) is 11.8 Å².